The zero-order valence-electron chi connectivity index (χ0n) is 29.4. The van der Waals surface area contributed by atoms with Crippen molar-refractivity contribution in [3.63, 3.8) is 0 Å². The Hall–Kier alpha value is -2.44. The second-order valence-electron chi connectivity index (χ2n) is 14.6. The van der Waals surface area contributed by atoms with E-state index in [-0.39, 0.29) is 18.0 Å². The van der Waals surface area contributed by atoms with Crippen LogP contribution in [0.5, 0.6) is 11.5 Å². The first-order chi connectivity index (χ1) is 23.2. The number of fused-ring (bicyclic) bond motifs is 2. The largest absolute Gasteiger partial charge is 0.489 e. The average Bonchev–Trinajstić information content (AvgIpc) is 3.05. The van der Waals surface area contributed by atoms with Gasteiger partial charge in [0.05, 0.1) is 17.3 Å². The molecule has 2 aromatic rings. The van der Waals surface area contributed by atoms with E-state index in [0.29, 0.717) is 30.2 Å². The fourth-order valence-electron chi connectivity index (χ4n) is 5.85. The number of halogens is 2. The Kier molecular flexibility index (Phi) is 14.6. The molecule has 0 saturated carbocycles. The van der Waals surface area contributed by atoms with Crippen molar-refractivity contribution in [2.75, 3.05) is 26.4 Å². The molecular weight excluding hydrogens is 784 g/mol. The first-order valence-corrected chi connectivity index (χ1v) is 25.5. The second-order valence-corrected chi connectivity index (χ2v) is 25.6. The van der Waals surface area contributed by atoms with Gasteiger partial charge in [-0.25, -0.2) is 0 Å². The number of benzene rings is 2. The summed E-state index contributed by atoms with van der Waals surface area (Å²) in [5.74, 6) is 2.66. The minimum atomic E-state index is -1.31. The highest BCUT2D eigenvalue weighted by Gasteiger charge is 2.34. The molecule has 4 aliphatic heterocycles. The first kappa shape index (κ1) is 39.4. The number of aliphatic imine (C=N–C) groups is 1. The number of ketones is 1. The summed E-state index contributed by atoms with van der Waals surface area (Å²) in [5, 5.41) is 8.90. The van der Waals surface area contributed by atoms with Crippen LogP contribution in [0.3, 0.4) is 0 Å². The van der Waals surface area contributed by atoms with Gasteiger partial charge in [0.1, 0.15) is 23.7 Å². The molecule has 9 nitrogen and oxygen atoms in total. The van der Waals surface area contributed by atoms with Gasteiger partial charge in [0.25, 0.3) is 0 Å². The van der Waals surface area contributed by atoms with Gasteiger partial charge in [-0.05, 0) is 101 Å². The summed E-state index contributed by atoms with van der Waals surface area (Å²) in [4.78, 5) is 16.2. The fraction of sp³-hybridized carbons (Fsp3) is 0.556. The molecular formula is C36H48Br2N4O5Si2. The van der Waals surface area contributed by atoms with Crippen molar-refractivity contribution in [2.45, 2.75) is 90.0 Å². The molecule has 2 atom stereocenters. The highest BCUT2D eigenvalue weighted by molar-refractivity contribution is 9.10. The van der Waals surface area contributed by atoms with Crippen LogP contribution in [0.2, 0.25) is 39.3 Å². The molecule has 0 radical (unpaired) electrons. The third kappa shape index (κ3) is 12.7. The Morgan fingerprint density at radius 2 is 1.16 bits per heavy atom. The van der Waals surface area contributed by atoms with E-state index in [1.54, 1.807) is 0 Å². The molecule has 2 saturated heterocycles. The van der Waals surface area contributed by atoms with Crippen molar-refractivity contribution in [1.29, 1.82) is 5.26 Å². The van der Waals surface area contributed by atoms with E-state index in [4.69, 9.17) is 24.2 Å². The summed E-state index contributed by atoms with van der Waals surface area (Å²) in [5.41, 5.74) is 2.45. The van der Waals surface area contributed by atoms with Crippen LogP contribution in [-0.4, -0.2) is 72.6 Å². The van der Waals surface area contributed by atoms with Crippen LogP contribution in [0.4, 0.5) is 0 Å². The lowest BCUT2D eigenvalue weighted by Crippen LogP contribution is -2.37. The molecule has 0 aliphatic carbocycles. The van der Waals surface area contributed by atoms with Crippen molar-refractivity contribution < 1.29 is 23.7 Å². The maximum Gasteiger partial charge on any atom is 0.205 e. The van der Waals surface area contributed by atoms with E-state index in [1.807, 2.05) is 42.6 Å². The molecule has 0 N–H and O–H groups in total. The monoisotopic (exact) mass is 830 g/mol. The fourth-order valence-corrected chi connectivity index (χ4v) is 7.37. The van der Waals surface area contributed by atoms with Gasteiger partial charge < -0.3 is 18.9 Å². The Labute approximate surface area is 310 Å². The molecule has 49 heavy (non-hydrogen) atoms. The summed E-state index contributed by atoms with van der Waals surface area (Å²) in [6.45, 7) is 16.2. The normalized spacial score (nSPS) is 21.9. The summed E-state index contributed by atoms with van der Waals surface area (Å²) >= 11 is 6.84. The van der Waals surface area contributed by atoms with Gasteiger partial charge in [0.15, 0.2) is 22.3 Å². The van der Waals surface area contributed by atoms with Crippen molar-refractivity contribution in [3.05, 3.63) is 56.5 Å². The van der Waals surface area contributed by atoms with Crippen LogP contribution in [0, 0.1) is 23.3 Å². The molecule has 2 aromatic carbocycles. The van der Waals surface area contributed by atoms with E-state index in [9.17, 15) is 4.79 Å². The zero-order valence-corrected chi connectivity index (χ0v) is 34.6. The molecule has 0 aromatic heterocycles. The second kappa shape index (κ2) is 18.2. The zero-order chi connectivity index (χ0) is 35.6. The Morgan fingerprint density at radius 1 is 0.714 bits per heavy atom. The van der Waals surface area contributed by atoms with Crippen LogP contribution < -0.4 is 9.47 Å². The standard InChI is InChI=1S/C15H15BrN2O2.C14H15BrO3.C7H18N2Si2/c16-11-1-2-14-12(7-11)13(18-9-17)8-15(20-14)10-3-5-19-6-4-10;15-10-1-2-13-11(7-10)12(16)8-14(18-13)9-3-5-17-6-4-9;1-10(2,3)8-7-9-11(4,5)6/h1-2,7,10,15H,3-6,8H2;1-2,7,9,14H,3-6,8H2;1-6H3. The molecule has 2 unspecified atom stereocenters. The van der Waals surface area contributed by atoms with Crippen LogP contribution in [0.1, 0.15) is 54.4 Å². The van der Waals surface area contributed by atoms with E-state index in [1.165, 1.54) is 0 Å². The van der Waals surface area contributed by atoms with Crippen LogP contribution in [0.15, 0.2) is 59.7 Å². The maximum absolute atomic E-state index is 12.2. The van der Waals surface area contributed by atoms with E-state index in [2.05, 4.69) is 91.5 Å². The van der Waals surface area contributed by atoms with Crippen LogP contribution in [-0.2, 0) is 9.47 Å². The summed E-state index contributed by atoms with van der Waals surface area (Å²) < 4.78 is 33.4. The van der Waals surface area contributed by atoms with Gasteiger partial charge >= 0.3 is 0 Å². The van der Waals surface area contributed by atoms with Crippen molar-refractivity contribution in [3.8, 4) is 17.7 Å². The Balaban J connectivity index is 0.000000173. The first-order valence-electron chi connectivity index (χ1n) is 17.0. The molecule has 264 valence electrons. The molecule has 13 heteroatoms. The smallest absolute Gasteiger partial charge is 0.205 e. The van der Waals surface area contributed by atoms with Crippen molar-refractivity contribution in [1.82, 2.24) is 0 Å². The number of carbonyl (C=O) groups excluding carboxylic acids is 1. The SMILES string of the molecule is C[Si](C)(C)N=C=N[Si](C)(C)C.N#CN=C1CC(C2CCOCC2)Oc2ccc(Br)cc21.O=C1CC(C2CCOCC2)Oc2ccc(Br)cc21. The minimum Gasteiger partial charge on any atom is -0.489 e. The summed E-state index contributed by atoms with van der Waals surface area (Å²) in [7, 11) is -2.63. The van der Waals surface area contributed by atoms with E-state index in [0.717, 1.165) is 83.8 Å². The molecule has 0 amide bonds. The quantitative estimate of drug-likeness (QED) is 0.172. The van der Waals surface area contributed by atoms with Gasteiger partial charge in [-0.2, -0.15) is 10.3 Å². The van der Waals surface area contributed by atoms with Gasteiger partial charge in [-0.1, -0.05) is 31.9 Å². The van der Waals surface area contributed by atoms with Gasteiger partial charge in [-0.3, -0.25) is 14.1 Å². The Morgan fingerprint density at radius 3 is 1.63 bits per heavy atom. The lowest BCUT2D eigenvalue weighted by Gasteiger charge is -2.34. The number of hydrogen-bond acceptors (Lipinski definition) is 9. The lowest BCUT2D eigenvalue weighted by molar-refractivity contribution is 0.0120. The van der Waals surface area contributed by atoms with Gasteiger partial charge in [0.2, 0.25) is 6.19 Å². The number of nitrogens with zero attached hydrogens (tertiary/aromatic N) is 4. The average molecular weight is 833 g/mol. The molecule has 0 bridgehead atoms. The number of rotatable bonds is 4. The van der Waals surface area contributed by atoms with E-state index >= 15 is 0 Å². The van der Waals surface area contributed by atoms with Crippen LogP contribution >= 0.6 is 31.9 Å². The number of hydrogen-bond donors (Lipinski definition) is 0. The maximum atomic E-state index is 12.2. The number of carbonyl (C=O) groups is 1. The Bertz CT molecular complexity index is 1570. The van der Waals surface area contributed by atoms with Gasteiger partial charge in [-0.15, -0.1) is 0 Å². The highest BCUT2D eigenvalue weighted by Crippen LogP contribution is 2.36. The van der Waals surface area contributed by atoms with Crippen molar-refractivity contribution in [2.24, 2.45) is 26.1 Å². The minimum absolute atomic E-state index is 0.0232. The number of ether oxygens (including phenoxy) is 4. The molecule has 2 fully saturated rings. The summed E-state index contributed by atoms with van der Waals surface area (Å²) in [6, 6.07) is 14.3. The summed E-state index contributed by atoms with van der Waals surface area (Å²) in [6.07, 6.45) is 7.22. The topological polar surface area (TPSA) is 115 Å². The molecule has 4 heterocycles. The lowest BCUT2D eigenvalue weighted by atomic mass is 9.87. The molecule has 4 aliphatic rings. The highest BCUT2D eigenvalue weighted by atomic mass is 79.9. The third-order valence-electron chi connectivity index (χ3n) is 8.37. The molecule has 0 spiro atoms. The van der Waals surface area contributed by atoms with Gasteiger partial charge in [0, 0.05) is 65.6 Å². The predicted molar refractivity (Wildman–Crippen MR) is 206 cm³/mol. The van der Waals surface area contributed by atoms with Crippen molar-refractivity contribution >= 4 is 65.8 Å². The number of nitriles is 1. The third-order valence-corrected chi connectivity index (χ3v) is 10.9. The number of Topliss-reactive ketones (excluding diaryl/α,β-unsaturated/α-hetero) is 1. The van der Waals surface area contributed by atoms with Crippen LogP contribution in [0.25, 0.3) is 0 Å². The molecule has 6 rings (SSSR count). The predicted octanol–water partition coefficient (Wildman–Crippen LogP) is 9.34. The van der Waals surface area contributed by atoms with E-state index < -0.39 is 16.5 Å².